The summed E-state index contributed by atoms with van der Waals surface area (Å²) in [5.41, 5.74) is 0. The largest absolute Gasteiger partial charge is 0.339 e. The Balaban J connectivity index is 1.51. The van der Waals surface area contributed by atoms with Crippen molar-refractivity contribution in [1.29, 1.82) is 0 Å². The van der Waals surface area contributed by atoms with Gasteiger partial charge in [0.1, 0.15) is 10.7 Å². The van der Waals surface area contributed by atoms with Crippen LogP contribution in [0.25, 0.3) is 0 Å². The number of hydrogen-bond acceptors (Lipinski definition) is 6. The minimum absolute atomic E-state index is 0.0615. The van der Waals surface area contributed by atoms with Crippen molar-refractivity contribution in [2.75, 3.05) is 64.7 Å². The molecule has 168 valence electrons. The average molecular weight is 463 g/mol. The van der Waals surface area contributed by atoms with E-state index in [-0.39, 0.29) is 49.3 Å². The number of carbonyl (C=O) groups is 1. The molecular formula is C18H27FN4O5S2. The molecule has 2 heterocycles. The van der Waals surface area contributed by atoms with E-state index < -0.39 is 25.9 Å². The van der Waals surface area contributed by atoms with E-state index in [0.717, 1.165) is 6.07 Å². The van der Waals surface area contributed by atoms with Gasteiger partial charge in [-0.3, -0.25) is 9.69 Å². The van der Waals surface area contributed by atoms with Crippen molar-refractivity contribution in [2.24, 2.45) is 0 Å². The molecule has 1 aromatic rings. The monoisotopic (exact) mass is 462 g/mol. The predicted molar refractivity (Wildman–Crippen MR) is 109 cm³/mol. The summed E-state index contributed by atoms with van der Waals surface area (Å²) in [4.78, 5) is 15.8. The van der Waals surface area contributed by atoms with Crippen molar-refractivity contribution in [3.63, 3.8) is 0 Å². The van der Waals surface area contributed by atoms with Crippen LogP contribution in [0.2, 0.25) is 0 Å². The molecule has 0 unspecified atom stereocenters. The summed E-state index contributed by atoms with van der Waals surface area (Å²) < 4.78 is 65.7. The van der Waals surface area contributed by atoms with E-state index in [1.807, 2.05) is 4.90 Å². The summed E-state index contributed by atoms with van der Waals surface area (Å²) in [6, 6.07) is 5.25. The predicted octanol–water partition coefficient (Wildman–Crippen LogP) is -0.374. The summed E-state index contributed by atoms with van der Waals surface area (Å²) in [7, 11) is -7.16. The smallest absolute Gasteiger partial charge is 0.246 e. The highest BCUT2D eigenvalue weighted by Gasteiger charge is 2.33. The first-order valence-electron chi connectivity index (χ1n) is 9.88. The highest BCUT2D eigenvalue weighted by Crippen LogP contribution is 2.20. The number of nitrogens with zero attached hydrogens (tertiary/aromatic N) is 4. The zero-order valence-electron chi connectivity index (χ0n) is 16.9. The number of piperazine rings is 2. The molecule has 0 N–H and O–H groups in total. The van der Waals surface area contributed by atoms with Crippen LogP contribution in [0.1, 0.15) is 6.92 Å². The van der Waals surface area contributed by atoms with E-state index in [4.69, 9.17) is 0 Å². The molecule has 0 aliphatic carbocycles. The van der Waals surface area contributed by atoms with E-state index in [1.165, 1.54) is 26.8 Å². The van der Waals surface area contributed by atoms with Gasteiger partial charge in [0.15, 0.2) is 0 Å². The maximum absolute atomic E-state index is 13.9. The van der Waals surface area contributed by atoms with Gasteiger partial charge < -0.3 is 4.90 Å². The molecule has 1 amide bonds. The van der Waals surface area contributed by atoms with Crippen LogP contribution in [-0.2, 0) is 24.8 Å². The number of rotatable bonds is 6. The maximum Gasteiger partial charge on any atom is 0.246 e. The van der Waals surface area contributed by atoms with Crippen LogP contribution >= 0.6 is 0 Å². The molecule has 30 heavy (non-hydrogen) atoms. The minimum atomic E-state index is -3.94. The van der Waals surface area contributed by atoms with Crippen LogP contribution in [0, 0.1) is 5.82 Å². The molecule has 0 radical (unpaired) electrons. The maximum atomic E-state index is 13.9. The van der Waals surface area contributed by atoms with Gasteiger partial charge in [0.2, 0.25) is 26.0 Å². The van der Waals surface area contributed by atoms with Crippen LogP contribution in [0.4, 0.5) is 4.39 Å². The summed E-state index contributed by atoms with van der Waals surface area (Å²) in [6.45, 7) is 4.12. The third-order valence-electron chi connectivity index (χ3n) is 5.49. The fourth-order valence-electron chi connectivity index (χ4n) is 3.61. The first-order chi connectivity index (χ1) is 14.1. The zero-order valence-corrected chi connectivity index (χ0v) is 18.5. The average Bonchev–Trinajstić information content (AvgIpc) is 2.74. The lowest BCUT2D eigenvalue weighted by Crippen LogP contribution is -2.55. The van der Waals surface area contributed by atoms with Gasteiger partial charge in [-0.05, 0) is 19.1 Å². The molecule has 2 aliphatic heterocycles. The fraction of sp³-hybridized carbons (Fsp3) is 0.611. The van der Waals surface area contributed by atoms with Gasteiger partial charge in [0.05, 0.1) is 12.3 Å². The molecule has 0 saturated carbocycles. The molecule has 2 aliphatic rings. The zero-order chi connectivity index (χ0) is 21.9. The van der Waals surface area contributed by atoms with Crippen LogP contribution in [-0.4, -0.2) is 106 Å². The number of hydrogen-bond donors (Lipinski definition) is 0. The molecule has 9 nitrogen and oxygen atoms in total. The SMILES string of the molecule is CCS(=O)(=O)N1CCN(CC(=O)N2CCN(S(=O)(=O)c3ccccc3F)CC2)CC1. The quantitative estimate of drug-likeness (QED) is 0.572. The van der Waals surface area contributed by atoms with E-state index in [9.17, 15) is 26.0 Å². The molecule has 0 spiro atoms. The number of carbonyl (C=O) groups excluding carboxylic acids is 1. The van der Waals surface area contributed by atoms with E-state index in [0.29, 0.717) is 26.2 Å². The van der Waals surface area contributed by atoms with Crippen molar-refractivity contribution in [1.82, 2.24) is 18.4 Å². The Kier molecular flexibility index (Phi) is 7.13. The number of benzene rings is 1. The number of amides is 1. The van der Waals surface area contributed by atoms with Crippen molar-refractivity contribution < 1.29 is 26.0 Å². The normalized spacial score (nSPS) is 20.4. The van der Waals surface area contributed by atoms with Crippen molar-refractivity contribution in [3.05, 3.63) is 30.1 Å². The lowest BCUT2D eigenvalue weighted by atomic mass is 10.3. The highest BCUT2D eigenvalue weighted by atomic mass is 32.2. The fourth-order valence-corrected chi connectivity index (χ4v) is 6.18. The Labute approximate surface area is 177 Å². The first kappa shape index (κ1) is 23.1. The van der Waals surface area contributed by atoms with E-state index >= 15 is 0 Å². The second kappa shape index (κ2) is 9.27. The Bertz CT molecular complexity index is 970. The van der Waals surface area contributed by atoms with E-state index in [2.05, 4.69) is 0 Å². The molecule has 12 heteroatoms. The number of sulfonamides is 2. The molecular weight excluding hydrogens is 435 g/mol. The van der Waals surface area contributed by atoms with Gasteiger partial charge in [-0.25, -0.2) is 21.2 Å². The Morgan fingerprint density at radius 3 is 2.03 bits per heavy atom. The van der Waals surface area contributed by atoms with E-state index in [1.54, 1.807) is 11.8 Å². The lowest BCUT2D eigenvalue weighted by Gasteiger charge is -2.37. The Hall–Kier alpha value is -1.60. The topological polar surface area (TPSA) is 98.3 Å². The third kappa shape index (κ3) is 4.99. The van der Waals surface area contributed by atoms with Crippen molar-refractivity contribution in [3.8, 4) is 0 Å². The van der Waals surface area contributed by atoms with Gasteiger partial charge in [-0.1, -0.05) is 12.1 Å². The molecule has 1 aromatic carbocycles. The van der Waals surface area contributed by atoms with Crippen LogP contribution in [0.15, 0.2) is 29.2 Å². The summed E-state index contributed by atoms with van der Waals surface area (Å²) in [5.74, 6) is -0.851. The van der Waals surface area contributed by atoms with Gasteiger partial charge >= 0.3 is 0 Å². The van der Waals surface area contributed by atoms with Crippen LogP contribution in [0.5, 0.6) is 0 Å². The van der Waals surface area contributed by atoms with Crippen LogP contribution < -0.4 is 0 Å². The first-order valence-corrected chi connectivity index (χ1v) is 12.9. The Morgan fingerprint density at radius 2 is 1.47 bits per heavy atom. The second-order valence-electron chi connectivity index (χ2n) is 7.29. The molecule has 2 fully saturated rings. The Morgan fingerprint density at radius 1 is 0.900 bits per heavy atom. The molecule has 3 rings (SSSR count). The molecule has 0 bridgehead atoms. The van der Waals surface area contributed by atoms with Crippen LogP contribution in [0.3, 0.4) is 0 Å². The summed E-state index contributed by atoms with van der Waals surface area (Å²) in [5, 5.41) is 0. The van der Waals surface area contributed by atoms with Crippen molar-refractivity contribution in [2.45, 2.75) is 11.8 Å². The molecule has 0 aromatic heterocycles. The summed E-state index contributed by atoms with van der Waals surface area (Å²) >= 11 is 0. The standard InChI is InChI=1S/C18H27FN4O5S2/c1-2-29(25,26)22-11-7-20(8-12-22)15-18(24)21-9-13-23(14-10-21)30(27,28)17-6-4-3-5-16(17)19/h3-6H,2,7-15H2,1H3. The lowest BCUT2D eigenvalue weighted by molar-refractivity contribution is -0.133. The molecule has 2 saturated heterocycles. The van der Waals surface area contributed by atoms with Gasteiger partial charge in [0, 0.05) is 52.4 Å². The second-order valence-corrected chi connectivity index (χ2v) is 11.5. The summed E-state index contributed by atoms with van der Waals surface area (Å²) in [6.07, 6.45) is 0. The van der Waals surface area contributed by atoms with Gasteiger partial charge in [-0.2, -0.15) is 8.61 Å². The number of halogens is 1. The van der Waals surface area contributed by atoms with Gasteiger partial charge in [-0.15, -0.1) is 0 Å². The van der Waals surface area contributed by atoms with Gasteiger partial charge in [0.25, 0.3) is 0 Å². The third-order valence-corrected chi connectivity index (χ3v) is 9.31. The van der Waals surface area contributed by atoms with Crippen molar-refractivity contribution >= 4 is 26.0 Å². The highest BCUT2D eigenvalue weighted by molar-refractivity contribution is 7.89. The molecule has 0 atom stereocenters. The minimum Gasteiger partial charge on any atom is -0.339 e.